The topological polar surface area (TPSA) is 65.0 Å². The van der Waals surface area contributed by atoms with E-state index >= 15 is 0 Å². The summed E-state index contributed by atoms with van der Waals surface area (Å²) in [5, 5.41) is 9.68. The second kappa shape index (κ2) is 8.44. The van der Waals surface area contributed by atoms with Crippen molar-refractivity contribution in [1.82, 2.24) is 0 Å². The maximum absolute atomic E-state index is 13.5. The smallest absolute Gasteiger partial charge is 0.199 e. The van der Waals surface area contributed by atoms with Gasteiger partial charge >= 0.3 is 0 Å². The highest BCUT2D eigenvalue weighted by molar-refractivity contribution is 6.04. The highest BCUT2D eigenvalue weighted by atomic mass is 16.7. The number of rotatable bonds is 4. The number of phenolic OH excluding ortho intramolecular Hbond substituents is 1. The van der Waals surface area contributed by atoms with Crippen LogP contribution in [0.4, 0.5) is 0 Å². The summed E-state index contributed by atoms with van der Waals surface area (Å²) in [5.74, 6) is 0.996. The molecular formula is C26H24O5. The van der Waals surface area contributed by atoms with Crippen molar-refractivity contribution in [2.75, 3.05) is 6.61 Å². The van der Waals surface area contributed by atoms with Crippen molar-refractivity contribution in [3.8, 4) is 17.2 Å². The maximum atomic E-state index is 13.5. The minimum absolute atomic E-state index is 0.0178. The Morgan fingerprint density at radius 1 is 0.871 bits per heavy atom. The summed E-state index contributed by atoms with van der Waals surface area (Å²) in [6, 6.07) is 21.8. The standard InChI is InChI=1S/C26H24O5/c27-19-12-8-18(9-13-19)26-24(25(28)21-5-1-2-6-22(21)31-26)17-10-14-20(15-11-17)30-23-7-3-4-16-29-23/h1-2,5-6,8-15,23-24,26-27H,3-4,7,16H2. The number of para-hydroxylation sites is 1. The van der Waals surface area contributed by atoms with Gasteiger partial charge < -0.3 is 19.3 Å². The van der Waals surface area contributed by atoms with E-state index in [1.165, 1.54) is 0 Å². The number of ether oxygens (including phenoxy) is 3. The number of benzene rings is 3. The quantitative estimate of drug-likeness (QED) is 0.617. The normalized spacial score (nSPS) is 23.0. The lowest BCUT2D eigenvalue weighted by molar-refractivity contribution is -0.105. The van der Waals surface area contributed by atoms with Crippen LogP contribution in [0, 0.1) is 0 Å². The van der Waals surface area contributed by atoms with Crippen LogP contribution in [0.1, 0.15) is 52.8 Å². The van der Waals surface area contributed by atoms with Crippen LogP contribution in [-0.4, -0.2) is 23.8 Å². The molecule has 0 amide bonds. The molecule has 0 aromatic heterocycles. The van der Waals surface area contributed by atoms with Crippen LogP contribution in [0.5, 0.6) is 17.2 Å². The third kappa shape index (κ3) is 4.01. The number of ketones is 1. The van der Waals surface area contributed by atoms with Gasteiger partial charge in [0.15, 0.2) is 12.1 Å². The fraction of sp³-hybridized carbons (Fsp3) is 0.269. The number of phenols is 1. The molecule has 0 spiro atoms. The van der Waals surface area contributed by atoms with Gasteiger partial charge in [-0.05, 0) is 60.4 Å². The molecule has 3 atom stereocenters. The zero-order chi connectivity index (χ0) is 21.2. The van der Waals surface area contributed by atoms with Gasteiger partial charge in [-0.25, -0.2) is 0 Å². The van der Waals surface area contributed by atoms with Crippen LogP contribution >= 0.6 is 0 Å². The van der Waals surface area contributed by atoms with Gasteiger partial charge in [0.05, 0.1) is 18.1 Å². The first-order valence-corrected chi connectivity index (χ1v) is 10.7. The molecular weight excluding hydrogens is 392 g/mol. The Balaban J connectivity index is 1.46. The Labute approximate surface area is 181 Å². The number of fused-ring (bicyclic) bond motifs is 1. The van der Waals surface area contributed by atoms with Crippen LogP contribution in [0.25, 0.3) is 0 Å². The summed E-state index contributed by atoms with van der Waals surface area (Å²) >= 11 is 0. The van der Waals surface area contributed by atoms with E-state index in [0.29, 0.717) is 11.3 Å². The highest BCUT2D eigenvalue weighted by Gasteiger charge is 2.39. The first-order valence-electron chi connectivity index (χ1n) is 10.7. The molecule has 0 radical (unpaired) electrons. The minimum Gasteiger partial charge on any atom is -0.508 e. The van der Waals surface area contributed by atoms with Gasteiger partial charge in [-0.15, -0.1) is 0 Å². The third-order valence-electron chi connectivity index (χ3n) is 5.86. The molecule has 5 nitrogen and oxygen atoms in total. The molecule has 1 saturated heterocycles. The molecule has 0 bridgehead atoms. The van der Waals surface area contributed by atoms with E-state index in [1.54, 1.807) is 30.3 Å². The Hall–Kier alpha value is -3.31. The van der Waals surface area contributed by atoms with E-state index in [4.69, 9.17) is 14.2 Å². The lowest BCUT2D eigenvalue weighted by atomic mass is 9.81. The minimum atomic E-state index is -0.501. The van der Waals surface area contributed by atoms with E-state index in [-0.39, 0.29) is 17.8 Å². The number of hydrogen-bond acceptors (Lipinski definition) is 5. The second-order valence-corrected chi connectivity index (χ2v) is 7.95. The summed E-state index contributed by atoms with van der Waals surface area (Å²) in [6.45, 7) is 0.727. The van der Waals surface area contributed by atoms with Gasteiger partial charge in [0.2, 0.25) is 0 Å². The van der Waals surface area contributed by atoms with Crippen molar-refractivity contribution in [1.29, 1.82) is 0 Å². The molecule has 2 aliphatic rings. The fourth-order valence-corrected chi connectivity index (χ4v) is 4.24. The number of carbonyl (C=O) groups is 1. The molecule has 0 aliphatic carbocycles. The second-order valence-electron chi connectivity index (χ2n) is 7.95. The number of hydrogen-bond donors (Lipinski definition) is 1. The fourth-order valence-electron chi connectivity index (χ4n) is 4.24. The van der Waals surface area contributed by atoms with E-state index in [2.05, 4.69) is 0 Å². The molecule has 2 heterocycles. The van der Waals surface area contributed by atoms with Crippen LogP contribution in [-0.2, 0) is 4.74 Å². The summed E-state index contributed by atoms with van der Waals surface area (Å²) in [4.78, 5) is 13.5. The first kappa shape index (κ1) is 19.6. The van der Waals surface area contributed by atoms with E-state index in [1.807, 2.05) is 42.5 Å². The summed E-state index contributed by atoms with van der Waals surface area (Å²) < 4.78 is 17.9. The van der Waals surface area contributed by atoms with E-state index in [9.17, 15) is 9.90 Å². The average molecular weight is 416 g/mol. The lowest BCUT2D eigenvalue weighted by Crippen LogP contribution is -2.30. The van der Waals surface area contributed by atoms with E-state index < -0.39 is 12.0 Å². The molecule has 5 rings (SSSR count). The van der Waals surface area contributed by atoms with Crippen LogP contribution in [0.2, 0.25) is 0 Å². The van der Waals surface area contributed by atoms with Gasteiger partial charge in [0, 0.05) is 6.42 Å². The monoisotopic (exact) mass is 416 g/mol. The third-order valence-corrected chi connectivity index (χ3v) is 5.86. The van der Waals surface area contributed by atoms with Crippen molar-refractivity contribution in [3.05, 3.63) is 89.5 Å². The first-order chi connectivity index (χ1) is 15.2. The Morgan fingerprint density at radius 2 is 1.61 bits per heavy atom. The van der Waals surface area contributed by atoms with Gasteiger partial charge in [0.1, 0.15) is 23.4 Å². The predicted octanol–water partition coefficient (Wildman–Crippen LogP) is 5.40. The van der Waals surface area contributed by atoms with Crippen LogP contribution in [0.3, 0.4) is 0 Å². The molecule has 5 heteroatoms. The van der Waals surface area contributed by atoms with Crippen molar-refractivity contribution >= 4 is 5.78 Å². The Morgan fingerprint density at radius 3 is 2.35 bits per heavy atom. The molecule has 3 unspecified atom stereocenters. The van der Waals surface area contributed by atoms with Crippen LogP contribution < -0.4 is 9.47 Å². The number of carbonyl (C=O) groups excluding carboxylic acids is 1. The summed E-state index contributed by atoms with van der Waals surface area (Å²) in [5.41, 5.74) is 2.27. The molecule has 2 aliphatic heterocycles. The average Bonchev–Trinajstić information content (AvgIpc) is 2.81. The lowest BCUT2D eigenvalue weighted by Gasteiger charge is -2.33. The Kier molecular flexibility index (Phi) is 5.35. The molecule has 1 N–H and O–H groups in total. The van der Waals surface area contributed by atoms with Crippen molar-refractivity contribution in [3.63, 3.8) is 0 Å². The van der Waals surface area contributed by atoms with Gasteiger partial charge in [-0.3, -0.25) is 4.79 Å². The maximum Gasteiger partial charge on any atom is 0.199 e. The van der Waals surface area contributed by atoms with Crippen LogP contribution in [0.15, 0.2) is 72.8 Å². The molecule has 3 aromatic rings. The van der Waals surface area contributed by atoms with Gasteiger partial charge in [0.25, 0.3) is 0 Å². The molecule has 1 fully saturated rings. The summed E-state index contributed by atoms with van der Waals surface area (Å²) in [7, 11) is 0. The molecule has 0 saturated carbocycles. The Bertz CT molecular complexity index is 1050. The number of Topliss-reactive ketones (excluding diaryl/α,β-unsaturated/α-hetero) is 1. The van der Waals surface area contributed by atoms with Crippen molar-refractivity contribution < 1.29 is 24.1 Å². The summed E-state index contributed by atoms with van der Waals surface area (Å²) in [6.07, 6.45) is 2.36. The largest absolute Gasteiger partial charge is 0.508 e. The SMILES string of the molecule is O=C1c2ccccc2OC(c2ccc(O)cc2)C1c1ccc(OC2CCCCO2)cc1. The molecule has 3 aromatic carbocycles. The van der Waals surface area contributed by atoms with Gasteiger partial charge in [-0.2, -0.15) is 0 Å². The zero-order valence-corrected chi connectivity index (χ0v) is 17.1. The highest BCUT2D eigenvalue weighted by Crippen LogP contribution is 2.44. The molecule has 158 valence electrons. The predicted molar refractivity (Wildman–Crippen MR) is 116 cm³/mol. The van der Waals surface area contributed by atoms with E-state index in [0.717, 1.165) is 42.7 Å². The zero-order valence-electron chi connectivity index (χ0n) is 17.1. The van der Waals surface area contributed by atoms with Crippen molar-refractivity contribution in [2.24, 2.45) is 0 Å². The number of aromatic hydroxyl groups is 1. The van der Waals surface area contributed by atoms with Gasteiger partial charge in [-0.1, -0.05) is 36.4 Å². The molecule has 31 heavy (non-hydrogen) atoms. The van der Waals surface area contributed by atoms with Crippen molar-refractivity contribution in [2.45, 2.75) is 37.6 Å².